The van der Waals surface area contributed by atoms with Gasteiger partial charge in [0.05, 0.1) is 5.69 Å². The average Bonchev–Trinajstić information content (AvgIpc) is 2.08. The Morgan fingerprint density at radius 2 is 2.21 bits per heavy atom. The van der Waals surface area contributed by atoms with E-state index in [1.165, 1.54) is 11.6 Å². The van der Waals surface area contributed by atoms with Crippen molar-refractivity contribution in [2.45, 2.75) is 13.8 Å². The van der Waals surface area contributed by atoms with Crippen LogP contribution in [0.2, 0.25) is 0 Å². The molecule has 3 heteroatoms. The van der Waals surface area contributed by atoms with E-state index in [9.17, 15) is 4.39 Å². The summed E-state index contributed by atoms with van der Waals surface area (Å²) in [7, 11) is 0. The van der Waals surface area contributed by atoms with Crippen LogP contribution in [-0.2, 0) is 0 Å². The van der Waals surface area contributed by atoms with Crippen LogP contribution in [0.25, 0.3) is 0 Å². The quantitative estimate of drug-likeness (QED) is 0.809. The molecule has 0 aliphatic heterocycles. The molecular formula is C11H13BrFN. The lowest BCUT2D eigenvalue weighted by Crippen LogP contribution is -2.00. The highest BCUT2D eigenvalue weighted by molar-refractivity contribution is 9.10. The van der Waals surface area contributed by atoms with E-state index in [4.69, 9.17) is 0 Å². The van der Waals surface area contributed by atoms with E-state index >= 15 is 0 Å². The van der Waals surface area contributed by atoms with Crippen molar-refractivity contribution in [1.29, 1.82) is 0 Å². The molecule has 0 unspecified atom stereocenters. The number of nitrogens with one attached hydrogen (secondary N) is 1. The van der Waals surface area contributed by atoms with Gasteiger partial charge in [-0.05, 0) is 32.0 Å². The van der Waals surface area contributed by atoms with Gasteiger partial charge in [-0.3, -0.25) is 0 Å². The number of hydrogen-bond donors (Lipinski definition) is 1. The van der Waals surface area contributed by atoms with Crippen molar-refractivity contribution in [1.82, 2.24) is 0 Å². The first-order valence-electron chi connectivity index (χ1n) is 4.42. The zero-order chi connectivity index (χ0) is 10.6. The maximum absolute atomic E-state index is 13.3. The van der Waals surface area contributed by atoms with E-state index in [2.05, 4.69) is 21.2 Å². The average molecular weight is 258 g/mol. The standard InChI is InChI=1S/C11H13BrFN/c1-8(2)5-6-14-11-4-3-9(12)7-10(11)13/h3-5,7,14H,6H2,1-2H3. The Kier molecular flexibility index (Phi) is 4.14. The monoisotopic (exact) mass is 257 g/mol. The molecule has 1 aromatic carbocycles. The van der Waals surface area contributed by atoms with Crippen LogP contribution in [0.5, 0.6) is 0 Å². The first-order valence-corrected chi connectivity index (χ1v) is 5.21. The lowest BCUT2D eigenvalue weighted by molar-refractivity contribution is 0.630. The van der Waals surface area contributed by atoms with Crippen molar-refractivity contribution in [3.05, 3.63) is 40.1 Å². The van der Waals surface area contributed by atoms with E-state index in [0.717, 1.165) is 4.47 Å². The molecule has 1 N–H and O–H groups in total. The van der Waals surface area contributed by atoms with Crippen LogP contribution in [0.3, 0.4) is 0 Å². The molecule has 1 nitrogen and oxygen atoms in total. The summed E-state index contributed by atoms with van der Waals surface area (Å²) in [5.74, 6) is -0.235. The largest absolute Gasteiger partial charge is 0.379 e. The minimum Gasteiger partial charge on any atom is -0.379 e. The highest BCUT2D eigenvalue weighted by atomic mass is 79.9. The number of anilines is 1. The lowest BCUT2D eigenvalue weighted by atomic mass is 10.3. The third kappa shape index (κ3) is 3.50. The number of hydrogen-bond acceptors (Lipinski definition) is 1. The van der Waals surface area contributed by atoms with Crippen LogP contribution in [0, 0.1) is 5.82 Å². The second-order valence-corrected chi connectivity index (χ2v) is 4.20. The van der Waals surface area contributed by atoms with Gasteiger partial charge >= 0.3 is 0 Å². The summed E-state index contributed by atoms with van der Waals surface area (Å²) in [5, 5.41) is 3.00. The van der Waals surface area contributed by atoms with Crippen LogP contribution in [0.15, 0.2) is 34.3 Å². The molecule has 0 spiro atoms. The number of allylic oxidation sites excluding steroid dienone is 1. The Bertz CT molecular complexity index is 343. The van der Waals surface area contributed by atoms with Crippen molar-refractivity contribution < 1.29 is 4.39 Å². The minimum atomic E-state index is -0.235. The van der Waals surface area contributed by atoms with Crippen LogP contribution in [0.4, 0.5) is 10.1 Å². The zero-order valence-corrected chi connectivity index (χ0v) is 9.86. The summed E-state index contributed by atoms with van der Waals surface area (Å²) in [5.41, 5.74) is 1.75. The van der Waals surface area contributed by atoms with Gasteiger partial charge in [0.1, 0.15) is 5.82 Å². The molecule has 0 saturated heterocycles. The summed E-state index contributed by atoms with van der Waals surface area (Å²) in [6.45, 7) is 4.68. The molecule has 0 aromatic heterocycles. The van der Waals surface area contributed by atoms with Crippen molar-refractivity contribution in [2.24, 2.45) is 0 Å². The van der Waals surface area contributed by atoms with E-state index in [1.807, 2.05) is 26.0 Å². The van der Waals surface area contributed by atoms with Crippen LogP contribution in [0.1, 0.15) is 13.8 Å². The van der Waals surface area contributed by atoms with Crippen LogP contribution in [-0.4, -0.2) is 6.54 Å². The molecule has 0 aliphatic rings. The predicted octanol–water partition coefficient (Wildman–Crippen LogP) is 3.97. The smallest absolute Gasteiger partial charge is 0.147 e. The Hall–Kier alpha value is -0.830. The van der Waals surface area contributed by atoms with Crippen molar-refractivity contribution in [3.63, 3.8) is 0 Å². The van der Waals surface area contributed by atoms with Crippen molar-refractivity contribution in [3.8, 4) is 0 Å². The van der Waals surface area contributed by atoms with Gasteiger partial charge in [-0.1, -0.05) is 27.6 Å². The molecule has 14 heavy (non-hydrogen) atoms. The maximum atomic E-state index is 13.3. The van der Waals surface area contributed by atoms with Crippen molar-refractivity contribution in [2.75, 3.05) is 11.9 Å². The minimum absolute atomic E-state index is 0.235. The molecule has 0 aliphatic carbocycles. The molecule has 1 aromatic rings. The molecular weight excluding hydrogens is 245 g/mol. The summed E-state index contributed by atoms with van der Waals surface area (Å²) in [6.07, 6.45) is 2.02. The third-order valence-corrected chi connectivity index (χ3v) is 2.23. The Morgan fingerprint density at radius 1 is 1.50 bits per heavy atom. The molecule has 0 atom stereocenters. The first kappa shape index (κ1) is 11.2. The SMILES string of the molecule is CC(C)=CCNc1ccc(Br)cc1F. The molecule has 76 valence electrons. The second-order valence-electron chi connectivity index (χ2n) is 3.29. The summed E-state index contributed by atoms with van der Waals surface area (Å²) < 4.78 is 14.0. The fraction of sp³-hybridized carbons (Fsp3) is 0.273. The van der Waals surface area contributed by atoms with Gasteiger partial charge in [-0.2, -0.15) is 0 Å². The summed E-state index contributed by atoms with van der Waals surface area (Å²) in [4.78, 5) is 0. The topological polar surface area (TPSA) is 12.0 Å². The van der Waals surface area contributed by atoms with Crippen molar-refractivity contribution >= 4 is 21.6 Å². The number of benzene rings is 1. The summed E-state index contributed by atoms with van der Waals surface area (Å²) in [6, 6.07) is 4.98. The number of rotatable bonds is 3. The zero-order valence-electron chi connectivity index (χ0n) is 8.27. The third-order valence-electron chi connectivity index (χ3n) is 1.73. The second kappa shape index (κ2) is 5.15. The molecule has 0 radical (unpaired) electrons. The van der Waals surface area contributed by atoms with Gasteiger partial charge in [-0.25, -0.2) is 4.39 Å². The van der Waals surface area contributed by atoms with Gasteiger partial charge in [-0.15, -0.1) is 0 Å². The van der Waals surface area contributed by atoms with E-state index in [1.54, 1.807) is 6.07 Å². The molecule has 0 saturated carbocycles. The van der Waals surface area contributed by atoms with Crippen LogP contribution < -0.4 is 5.32 Å². The van der Waals surface area contributed by atoms with Gasteiger partial charge in [0.25, 0.3) is 0 Å². The molecule has 0 heterocycles. The molecule has 0 bridgehead atoms. The fourth-order valence-electron chi connectivity index (χ4n) is 0.998. The molecule has 0 amide bonds. The van der Waals surface area contributed by atoms with Gasteiger partial charge < -0.3 is 5.32 Å². The van der Waals surface area contributed by atoms with Gasteiger partial charge in [0.15, 0.2) is 0 Å². The molecule has 0 fully saturated rings. The lowest BCUT2D eigenvalue weighted by Gasteiger charge is -2.05. The Labute approximate surface area is 92.1 Å². The highest BCUT2D eigenvalue weighted by Gasteiger charge is 2.00. The van der Waals surface area contributed by atoms with Gasteiger partial charge in [0, 0.05) is 11.0 Å². The Morgan fingerprint density at radius 3 is 2.79 bits per heavy atom. The predicted molar refractivity (Wildman–Crippen MR) is 62.0 cm³/mol. The van der Waals surface area contributed by atoms with Gasteiger partial charge in [0.2, 0.25) is 0 Å². The molecule has 1 rings (SSSR count). The Balaban J connectivity index is 2.64. The van der Waals surface area contributed by atoms with E-state index in [-0.39, 0.29) is 5.82 Å². The van der Waals surface area contributed by atoms with Crippen LogP contribution >= 0.6 is 15.9 Å². The van der Waals surface area contributed by atoms with E-state index < -0.39 is 0 Å². The van der Waals surface area contributed by atoms with E-state index in [0.29, 0.717) is 12.2 Å². The highest BCUT2D eigenvalue weighted by Crippen LogP contribution is 2.18. The number of halogens is 2. The maximum Gasteiger partial charge on any atom is 0.147 e. The fourth-order valence-corrected chi connectivity index (χ4v) is 1.33. The summed E-state index contributed by atoms with van der Waals surface area (Å²) >= 11 is 3.21. The first-order chi connectivity index (χ1) is 6.59. The normalized spacial score (nSPS) is 9.71.